The third-order valence-corrected chi connectivity index (χ3v) is 2.18. The quantitative estimate of drug-likeness (QED) is 0.777. The van der Waals surface area contributed by atoms with Gasteiger partial charge in [-0.1, -0.05) is 13.8 Å². The summed E-state index contributed by atoms with van der Waals surface area (Å²) in [5.41, 5.74) is 1.06. The van der Waals surface area contributed by atoms with Crippen LogP contribution in [0.4, 0.5) is 0 Å². The summed E-state index contributed by atoms with van der Waals surface area (Å²) in [6.45, 7) is 5.80. The van der Waals surface area contributed by atoms with Crippen LogP contribution in [-0.4, -0.2) is 15.6 Å². The number of aromatic nitrogens is 1. The van der Waals surface area contributed by atoms with Gasteiger partial charge in [0.05, 0.1) is 0 Å². The molecule has 0 bridgehead atoms. The van der Waals surface area contributed by atoms with E-state index in [1.54, 1.807) is 11.5 Å². The van der Waals surface area contributed by atoms with Crippen molar-refractivity contribution in [1.82, 2.24) is 4.57 Å². The minimum atomic E-state index is -0.793. The zero-order valence-corrected chi connectivity index (χ0v) is 8.19. The van der Waals surface area contributed by atoms with Crippen LogP contribution in [0, 0.1) is 0 Å². The predicted molar refractivity (Wildman–Crippen MR) is 50.9 cm³/mol. The molecular weight excluding hydrogens is 166 g/mol. The van der Waals surface area contributed by atoms with Crippen LogP contribution < -0.4 is 0 Å². The molecule has 0 saturated heterocycles. The first-order chi connectivity index (χ1) is 6.04. The molecule has 0 amide bonds. The molecule has 13 heavy (non-hydrogen) atoms. The number of hydrogen-bond acceptors (Lipinski definition) is 1. The van der Waals surface area contributed by atoms with Gasteiger partial charge in [-0.15, -0.1) is 0 Å². The lowest BCUT2D eigenvalue weighted by molar-refractivity contribution is -0.140. The average molecular weight is 181 g/mol. The Morgan fingerprint density at radius 1 is 1.46 bits per heavy atom. The van der Waals surface area contributed by atoms with Crippen LogP contribution in [0.3, 0.4) is 0 Å². The van der Waals surface area contributed by atoms with Crippen molar-refractivity contribution in [2.24, 2.45) is 0 Å². The second kappa shape index (κ2) is 3.64. The largest absolute Gasteiger partial charge is 0.480 e. The van der Waals surface area contributed by atoms with E-state index in [0.29, 0.717) is 5.92 Å². The Morgan fingerprint density at radius 3 is 2.54 bits per heavy atom. The normalized spacial score (nSPS) is 13.2. The van der Waals surface area contributed by atoms with Gasteiger partial charge in [0.2, 0.25) is 0 Å². The van der Waals surface area contributed by atoms with Gasteiger partial charge in [-0.25, -0.2) is 4.79 Å². The molecule has 1 heterocycles. The molecule has 72 valence electrons. The summed E-state index contributed by atoms with van der Waals surface area (Å²) in [5, 5.41) is 8.84. The fourth-order valence-corrected chi connectivity index (χ4v) is 1.37. The van der Waals surface area contributed by atoms with Gasteiger partial charge in [-0.3, -0.25) is 0 Å². The number of carboxylic acids is 1. The molecule has 0 aliphatic rings. The molecule has 0 spiro atoms. The fraction of sp³-hybridized carbons (Fsp3) is 0.500. The summed E-state index contributed by atoms with van der Waals surface area (Å²) in [5.74, 6) is -0.435. The van der Waals surface area contributed by atoms with Crippen LogP contribution >= 0.6 is 0 Å². The number of carbonyl (C=O) groups is 1. The van der Waals surface area contributed by atoms with Gasteiger partial charge in [-0.05, 0) is 25.0 Å². The van der Waals surface area contributed by atoms with Gasteiger partial charge >= 0.3 is 5.97 Å². The molecule has 0 saturated carbocycles. The molecule has 0 aromatic carbocycles. The number of aliphatic carboxylic acids is 1. The molecule has 0 unspecified atom stereocenters. The molecule has 0 aliphatic heterocycles. The SMILES string of the molecule is CC(C)c1cccn1[C@@H](C)C(=O)O. The Morgan fingerprint density at radius 2 is 2.08 bits per heavy atom. The Hall–Kier alpha value is -1.25. The van der Waals surface area contributed by atoms with E-state index in [0.717, 1.165) is 5.69 Å². The molecule has 3 heteroatoms. The van der Waals surface area contributed by atoms with Crippen molar-refractivity contribution in [3.8, 4) is 0 Å². The predicted octanol–water partition coefficient (Wildman–Crippen LogP) is 2.26. The molecule has 1 rings (SSSR count). The van der Waals surface area contributed by atoms with E-state index in [2.05, 4.69) is 13.8 Å². The Kier molecular flexibility index (Phi) is 2.76. The minimum absolute atomic E-state index is 0.358. The van der Waals surface area contributed by atoms with Gasteiger partial charge in [0, 0.05) is 11.9 Å². The molecule has 0 aliphatic carbocycles. The summed E-state index contributed by atoms with van der Waals surface area (Å²) in [6.07, 6.45) is 1.81. The van der Waals surface area contributed by atoms with Gasteiger partial charge in [-0.2, -0.15) is 0 Å². The number of hydrogen-bond donors (Lipinski definition) is 1. The van der Waals surface area contributed by atoms with Crippen LogP contribution in [0.5, 0.6) is 0 Å². The van der Waals surface area contributed by atoms with Crippen molar-refractivity contribution >= 4 is 5.97 Å². The Labute approximate surface area is 78.0 Å². The zero-order valence-electron chi connectivity index (χ0n) is 8.19. The maximum absolute atomic E-state index is 10.8. The van der Waals surface area contributed by atoms with Crippen molar-refractivity contribution in [3.05, 3.63) is 24.0 Å². The van der Waals surface area contributed by atoms with Crippen LogP contribution in [0.1, 0.15) is 38.4 Å². The van der Waals surface area contributed by atoms with E-state index < -0.39 is 12.0 Å². The third kappa shape index (κ3) is 1.91. The van der Waals surface area contributed by atoms with Gasteiger partial charge in [0.15, 0.2) is 0 Å². The van der Waals surface area contributed by atoms with Crippen LogP contribution in [0.25, 0.3) is 0 Å². The first-order valence-corrected chi connectivity index (χ1v) is 4.43. The van der Waals surface area contributed by atoms with E-state index in [-0.39, 0.29) is 0 Å². The smallest absolute Gasteiger partial charge is 0.326 e. The summed E-state index contributed by atoms with van der Waals surface area (Å²) < 4.78 is 1.80. The standard InChI is InChI=1S/C10H15NO2/c1-7(2)9-5-4-6-11(9)8(3)10(12)13/h4-8H,1-3H3,(H,12,13)/t8-/m0/s1. The van der Waals surface area contributed by atoms with Crippen molar-refractivity contribution in [2.75, 3.05) is 0 Å². The first kappa shape index (κ1) is 9.84. The lowest BCUT2D eigenvalue weighted by atomic mass is 10.1. The molecule has 3 nitrogen and oxygen atoms in total. The summed E-state index contributed by atoms with van der Waals surface area (Å²) >= 11 is 0. The molecule has 1 N–H and O–H groups in total. The lowest BCUT2D eigenvalue weighted by Gasteiger charge is -2.15. The molecular formula is C10H15NO2. The lowest BCUT2D eigenvalue weighted by Crippen LogP contribution is -2.17. The highest BCUT2D eigenvalue weighted by molar-refractivity contribution is 5.71. The molecule has 0 fully saturated rings. The van der Waals surface area contributed by atoms with Crippen molar-refractivity contribution in [1.29, 1.82) is 0 Å². The topological polar surface area (TPSA) is 42.2 Å². The van der Waals surface area contributed by atoms with Crippen molar-refractivity contribution in [2.45, 2.75) is 32.7 Å². The molecule has 1 aromatic heterocycles. The van der Waals surface area contributed by atoms with Crippen molar-refractivity contribution < 1.29 is 9.90 Å². The Bertz CT molecular complexity index is 302. The summed E-state index contributed by atoms with van der Waals surface area (Å²) in [4.78, 5) is 10.8. The van der Waals surface area contributed by atoms with Crippen LogP contribution in [-0.2, 0) is 4.79 Å². The first-order valence-electron chi connectivity index (χ1n) is 4.43. The third-order valence-electron chi connectivity index (χ3n) is 2.18. The average Bonchev–Trinajstić information content (AvgIpc) is 2.50. The fourth-order valence-electron chi connectivity index (χ4n) is 1.37. The van der Waals surface area contributed by atoms with Gasteiger partial charge in [0.25, 0.3) is 0 Å². The summed E-state index contributed by atoms with van der Waals surface area (Å²) in [7, 11) is 0. The van der Waals surface area contributed by atoms with Gasteiger partial charge < -0.3 is 9.67 Å². The van der Waals surface area contributed by atoms with Crippen LogP contribution in [0.15, 0.2) is 18.3 Å². The van der Waals surface area contributed by atoms with Gasteiger partial charge in [0.1, 0.15) is 6.04 Å². The minimum Gasteiger partial charge on any atom is -0.480 e. The Balaban J connectivity index is 3.00. The highest BCUT2D eigenvalue weighted by atomic mass is 16.4. The maximum atomic E-state index is 10.8. The van der Waals surface area contributed by atoms with E-state index in [1.165, 1.54) is 0 Å². The second-order valence-corrected chi connectivity index (χ2v) is 3.51. The maximum Gasteiger partial charge on any atom is 0.326 e. The van der Waals surface area contributed by atoms with Crippen LogP contribution in [0.2, 0.25) is 0 Å². The van der Waals surface area contributed by atoms with Crippen molar-refractivity contribution in [3.63, 3.8) is 0 Å². The molecule has 1 aromatic rings. The monoisotopic (exact) mass is 181 g/mol. The zero-order chi connectivity index (χ0) is 10.0. The van der Waals surface area contributed by atoms with E-state index in [9.17, 15) is 4.79 Å². The summed E-state index contributed by atoms with van der Waals surface area (Å²) in [6, 6.07) is 3.37. The molecule has 1 atom stereocenters. The van der Waals surface area contributed by atoms with E-state index in [1.807, 2.05) is 18.3 Å². The van der Waals surface area contributed by atoms with E-state index >= 15 is 0 Å². The van der Waals surface area contributed by atoms with E-state index in [4.69, 9.17) is 5.11 Å². The highest BCUT2D eigenvalue weighted by Crippen LogP contribution is 2.19. The highest BCUT2D eigenvalue weighted by Gasteiger charge is 2.16. The number of carboxylic acid groups (broad SMARTS) is 1. The number of rotatable bonds is 3. The second-order valence-electron chi connectivity index (χ2n) is 3.51. The number of nitrogens with zero attached hydrogens (tertiary/aromatic N) is 1. The molecule has 0 radical (unpaired) electrons.